The number of rotatable bonds is 4. The highest BCUT2D eigenvalue weighted by atomic mass is 127. The van der Waals surface area contributed by atoms with E-state index in [-0.39, 0.29) is 11.6 Å². The number of halogens is 4. The molecule has 7 heterocycles. The Morgan fingerprint density at radius 2 is 1.48 bits per heavy atom. The first kappa shape index (κ1) is 32.2. The van der Waals surface area contributed by atoms with Gasteiger partial charge in [0.25, 0.3) is 0 Å². The number of pyridine rings is 1. The third-order valence-corrected chi connectivity index (χ3v) is 9.67. The van der Waals surface area contributed by atoms with Crippen LogP contribution in [0.15, 0.2) is 97.3 Å². The fourth-order valence-corrected chi connectivity index (χ4v) is 7.05. The van der Waals surface area contributed by atoms with Crippen molar-refractivity contribution in [2.24, 2.45) is 0 Å². The second-order valence-corrected chi connectivity index (χ2v) is 13.3. The summed E-state index contributed by atoms with van der Waals surface area (Å²) in [5, 5.41) is 14.1. The van der Waals surface area contributed by atoms with Crippen LogP contribution in [-0.4, -0.2) is 64.8 Å². The minimum atomic E-state index is -0.274. The van der Waals surface area contributed by atoms with Crippen molar-refractivity contribution in [1.82, 2.24) is 44.5 Å². The number of anilines is 1. The van der Waals surface area contributed by atoms with E-state index >= 15 is 0 Å². The Morgan fingerprint density at radius 1 is 0.800 bits per heavy atom. The van der Waals surface area contributed by atoms with Gasteiger partial charge >= 0.3 is 0 Å². The molecule has 10 nitrogen and oxygen atoms in total. The second kappa shape index (κ2) is 13.4. The number of nitrogens with one attached hydrogen (secondary N) is 2. The first-order valence-corrected chi connectivity index (χ1v) is 17.3. The maximum absolute atomic E-state index is 13.6. The van der Waals surface area contributed by atoms with E-state index in [0.717, 1.165) is 79.6 Å². The Bertz CT molecular complexity index is 2480. The van der Waals surface area contributed by atoms with E-state index in [9.17, 15) is 8.78 Å². The zero-order valence-electron chi connectivity index (χ0n) is 26.5. The maximum atomic E-state index is 13.6. The van der Waals surface area contributed by atoms with Crippen molar-refractivity contribution in [3.63, 3.8) is 0 Å². The van der Waals surface area contributed by atoms with Crippen molar-refractivity contribution in [3.8, 4) is 33.8 Å². The monoisotopic (exact) mass is 800 g/mol. The van der Waals surface area contributed by atoms with Crippen LogP contribution in [0.25, 0.3) is 56.1 Å². The van der Waals surface area contributed by atoms with Gasteiger partial charge in [-0.25, -0.2) is 32.8 Å². The standard InChI is InChI=1S/C24H22FN7.C12H6ClFIN3/c1-15-14-31(13-12-26-15)21-7-6-20-29-22(16-2-4-17(25)5-3-16)23(32(20)30-21)18-8-10-27-24-19(18)9-11-28-24;13-9-5-6-10-16-11(12(15)18(10)17-9)7-1-3-8(14)4-2-7/h2-11,15,26H,12-14H2,1H3,(H,27,28);1-6H/t15-;/m1./s1. The Balaban J connectivity index is 0.000000170. The van der Waals surface area contributed by atoms with Crippen LogP contribution in [0.1, 0.15) is 6.92 Å². The minimum Gasteiger partial charge on any atom is -0.352 e. The molecule has 0 bridgehead atoms. The molecule has 1 aliphatic heterocycles. The van der Waals surface area contributed by atoms with Gasteiger partial charge in [-0.15, -0.1) is 5.10 Å². The van der Waals surface area contributed by atoms with E-state index < -0.39 is 0 Å². The number of hydrogen-bond acceptors (Lipinski definition) is 7. The molecular formula is C36H28ClF2IN10. The molecule has 8 aromatic rings. The van der Waals surface area contributed by atoms with Gasteiger partial charge in [-0.1, -0.05) is 11.6 Å². The Morgan fingerprint density at radius 3 is 2.22 bits per heavy atom. The smallest absolute Gasteiger partial charge is 0.155 e. The molecule has 1 saturated heterocycles. The number of aromatic nitrogens is 8. The van der Waals surface area contributed by atoms with Crippen LogP contribution in [0.4, 0.5) is 14.6 Å². The predicted octanol–water partition coefficient (Wildman–Crippen LogP) is 7.67. The van der Waals surface area contributed by atoms with Crippen LogP contribution in [0.5, 0.6) is 0 Å². The van der Waals surface area contributed by atoms with Gasteiger partial charge in [-0.3, -0.25) is 0 Å². The zero-order chi connectivity index (χ0) is 34.4. The fourth-order valence-electron chi connectivity index (χ4n) is 6.13. The Hall–Kier alpha value is -4.99. The molecule has 2 N–H and O–H groups in total. The van der Waals surface area contributed by atoms with Gasteiger partial charge in [0.15, 0.2) is 11.3 Å². The number of benzene rings is 2. The number of imidazole rings is 2. The summed E-state index contributed by atoms with van der Waals surface area (Å²) in [5.74, 6) is 0.373. The lowest BCUT2D eigenvalue weighted by Crippen LogP contribution is -2.49. The van der Waals surface area contributed by atoms with Gasteiger partial charge < -0.3 is 15.2 Å². The molecule has 0 radical (unpaired) electrons. The van der Waals surface area contributed by atoms with Crippen molar-refractivity contribution >= 4 is 62.3 Å². The molecule has 0 amide bonds. The summed E-state index contributed by atoms with van der Waals surface area (Å²) in [4.78, 5) is 19.3. The summed E-state index contributed by atoms with van der Waals surface area (Å²) < 4.78 is 30.9. The van der Waals surface area contributed by atoms with Gasteiger partial charge in [0.1, 0.15) is 43.3 Å². The molecule has 1 aliphatic rings. The summed E-state index contributed by atoms with van der Waals surface area (Å²) in [7, 11) is 0. The van der Waals surface area contributed by atoms with Gasteiger partial charge in [-0.2, -0.15) is 5.10 Å². The van der Waals surface area contributed by atoms with E-state index in [0.29, 0.717) is 16.8 Å². The number of H-pyrrole nitrogens is 1. The van der Waals surface area contributed by atoms with Crippen molar-refractivity contribution in [3.05, 3.63) is 118 Å². The molecular weight excluding hydrogens is 773 g/mol. The maximum Gasteiger partial charge on any atom is 0.155 e. The normalized spacial score (nSPS) is 14.7. The summed E-state index contributed by atoms with van der Waals surface area (Å²) in [6, 6.07) is 24.6. The Kier molecular flexibility index (Phi) is 8.62. The van der Waals surface area contributed by atoms with Crippen LogP contribution < -0.4 is 10.2 Å². The lowest BCUT2D eigenvalue weighted by molar-refractivity contribution is 0.481. The molecule has 6 aromatic heterocycles. The Labute approximate surface area is 303 Å². The van der Waals surface area contributed by atoms with E-state index in [1.54, 1.807) is 47.1 Å². The van der Waals surface area contributed by atoms with Crippen molar-refractivity contribution in [2.75, 3.05) is 24.5 Å². The highest BCUT2D eigenvalue weighted by Gasteiger charge is 2.22. The van der Waals surface area contributed by atoms with Crippen molar-refractivity contribution < 1.29 is 8.78 Å². The molecule has 1 fully saturated rings. The van der Waals surface area contributed by atoms with E-state index in [2.05, 4.69) is 59.8 Å². The van der Waals surface area contributed by atoms with Gasteiger partial charge in [0, 0.05) is 60.1 Å². The van der Waals surface area contributed by atoms with Crippen LogP contribution in [0, 0.1) is 15.3 Å². The van der Waals surface area contributed by atoms with Gasteiger partial charge in [0.2, 0.25) is 0 Å². The third-order valence-electron chi connectivity index (χ3n) is 8.50. The third kappa shape index (κ3) is 6.16. The molecule has 0 aliphatic carbocycles. The number of fused-ring (bicyclic) bond motifs is 3. The number of aromatic amines is 1. The zero-order valence-corrected chi connectivity index (χ0v) is 29.4. The molecule has 14 heteroatoms. The number of piperazine rings is 1. The van der Waals surface area contributed by atoms with Crippen molar-refractivity contribution in [2.45, 2.75) is 13.0 Å². The van der Waals surface area contributed by atoms with Crippen LogP contribution in [-0.2, 0) is 0 Å². The van der Waals surface area contributed by atoms with Crippen molar-refractivity contribution in [1.29, 1.82) is 0 Å². The SMILES string of the molecule is C[C@@H]1CN(c2ccc3nc(-c4ccc(F)cc4)c(-c4ccnc5[nH]ccc45)n3n2)CCN1.Fc1ccc(-c2nc3ccc(Cl)nn3c2I)cc1. The average molecular weight is 801 g/mol. The van der Waals surface area contributed by atoms with Gasteiger partial charge in [-0.05, 0) is 114 Å². The highest BCUT2D eigenvalue weighted by molar-refractivity contribution is 14.1. The van der Waals surface area contributed by atoms with E-state index in [1.165, 1.54) is 24.3 Å². The molecule has 50 heavy (non-hydrogen) atoms. The molecule has 0 spiro atoms. The highest BCUT2D eigenvalue weighted by Crippen LogP contribution is 2.36. The van der Waals surface area contributed by atoms with E-state index in [1.807, 2.05) is 35.0 Å². The molecule has 1 atom stereocenters. The van der Waals surface area contributed by atoms with Crippen LogP contribution >= 0.6 is 34.2 Å². The summed E-state index contributed by atoms with van der Waals surface area (Å²) >= 11 is 8.00. The molecule has 2 aromatic carbocycles. The lowest BCUT2D eigenvalue weighted by atomic mass is 10.0. The van der Waals surface area contributed by atoms with Crippen LogP contribution in [0.2, 0.25) is 5.15 Å². The predicted molar refractivity (Wildman–Crippen MR) is 199 cm³/mol. The quantitative estimate of drug-likeness (QED) is 0.176. The first-order chi connectivity index (χ1) is 24.3. The number of hydrogen-bond donors (Lipinski definition) is 2. The molecule has 250 valence electrons. The average Bonchev–Trinajstić information content (AvgIpc) is 3.85. The number of nitrogens with zero attached hydrogens (tertiary/aromatic N) is 8. The summed E-state index contributed by atoms with van der Waals surface area (Å²) in [6.07, 6.45) is 3.66. The first-order valence-electron chi connectivity index (χ1n) is 15.9. The summed E-state index contributed by atoms with van der Waals surface area (Å²) in [6.45, 7) is 4.89. The second-order valence-electron chi connectivity index (χ2n) is 11.9. The van der Waals surface area contributed by atoms with Crippen LogP contribution in [0.3, 0.4) is 0 Å². The lowest BCUT2D eigenvalue weighted by Gasteiger charge is -2.32. The largest absolute Gasteiger partial charge is 0.352 e. The minimum absolute atomic E-state index is 0.265. The fraction of sp³-hybridized carbons (Fsp3) is 0.139. The summed E-state index contributed by atoms with van der Waals surface area (Å²) in [5.41, 5.74) is 7.31. The molecule has 0 saturated carbocycles. The van der Waals surface area contributed by atoms with Gasteiger partial charge in [0.05, 0.1) is 5.69 Å². The molecule has 0 unspecified atom stereocenters. The molecule has 9 rings (SSSR count). The topological polar surface area (TPSA) is 104 Å². The van der Waals surface area contributed by atoms with E-state index in [4.69, 9.17) is 21.7 Å².